The van der Waals surface area contributed by atoms with Crippen LogP contribution in [-0.2, 0) is 34.1 Å². The molecular formula is C24H21F3N6O3. The summed E-state index contributed by atoms with van der Waals surface area (Å²) in [4.78, 5) is 43.3. The number of carbonyl (C=O) groups excluding carboxylic acids is 3. The first-order chi connectivity index (χ1) is 17.1. The third kappa shape index (κ3) is 4.08. The highest BCUT2D eigenvalue weighted by Gasteiger charge is 2.49. The molecule has 0 saturated carbocycles. The van der Waals surface area contributed by atoms with Crippen molar-refractivity contribution in [2.45, 2.75) is 37.9 Å². The molecule has 9 nitrogen and oxygen atoms in total. The number of rotatable bonds is 5. The van der Waals surface area contributed by atoms with E-state index in [4.69, 9.17) is 0 Å². The fourth-order valence-electron chi connectivity index (χ4n) is 4.60. The summed E-state index contributed by atoms with van der Waals surface area (Å²) in [6.07, 6.45) is 0.675. The molecule has 0 radical (unpaired) electrons. The molecule has 186 valence electrons. The average molecular weight is 498 g/mol. The van der Waals surface area contributed by atoms with Crippen LogP contribution in [0.15, 0.2) is 49.1 Å². The molecule has 4 amide bonds. The third-order valence-corrected chi connectivity index (χ3v) is 6.52. The molecule has 2 aromatic carbocycles. The molecule has 1 aromatic heterocycles. The van der Waals surface area contributed by atoms with Gasteiger partial charge in [0.15, 0.2) is 0 Å². The van der Waals surface area contributed by atoms with Gasteiger partial charge < -0.3 is 10.6 Å². The Balaban J connectivity index is 1.38. The molecule has 5 rings (SSSR count). The van der Waals surface area contributed by atoms with E-state index in [0.717, 1.165) is 47.9 Å². The average Bonchev–Trinajstić information content (AvgIpc) is 3.56. The second-order valence-corrected chi connectivity index (χ2v) is 8.90. The summed E-state index contributed by atoms with van der Waals surface area (Å²) in [7, 11) is 0. The monoisotopic (exact) mass is 498 g/mol. The van der Waals surface area contributed by atoms with Crippen molar-refractivity contribution in [3.8, 4) is 5.69 Å². The molecule has 2 aliphatic rings. The smallest absolute Gasteiger partial charge is 0.323 e. The second kappa shape index (κ2) is 8.47. The minimum Gasteiger partial charge on any atom is -0.323 e. The zero-order valence-electron chi connectivity index (χ0n) is 19.1. The van der Waals surface area contributed by atoms with E-state index < -0.39 is 41.7 Å². The number of alkyl halides is 3. The number of amides is 4. The fourth-order valence-corrected chi connectivity index (χ4v) is 4.60. The van der Waals surface area contributed by atoms with Gasteiger partial charge in [0.05, 0.1) is 16.9 Å². The number of imide groups is 1. The van der Waals surface area contributed by atoms with Crippen LogP contribution in [0.4, 0.5) is 23.7 Å². The lowest BCUT2D eigenvalue weighted by Gasteiger charge is -2.23. The molecular weight excluding hydrogens is 477 g/mol. The Hall–Kier alpha value is -4.22. The predicted molar refractivity (Wildman–Crippen MR) is 121 cm³/mol. The van der Waals surface area contributed by atoms with E-state index in [0.29, 0.717) is 5.56 Å². The summed E-state index contributed by atoms with van der Waals surface area (Å²) < 4.78 is 41.0. The quantitative estimate of drug-likeness (QED) is 0.526. The van der Waals surface area contributed by atoms with Crippen LogP contribution in [0, 0.1) is 0 Å². The Bertz CT molecular complexity index is 1370. The standard InChI is InChI=1S/C24H21F3N6O3/c1-23(16-6-5-14-3-2-4-15(14)9-16)21(35)32(22(36)31-23)11-20(34)30-18-10-17(24(25,26)27)7-8-19(18)33-13-28-12-29-33/h5-10,12-13H,2-4,11H2,1H3,(H,30,34)(H,31,36)/t23-/m0/s1. The van der Waals surface area contributed by atoms with Gasteiger partial charge in [0.25, 0.3) is 5.91 Å². The second-order valence-electron chi connectivity index (χ2n) is 8.90. The first-order valence-corrected chi connectivity index (χ1v) is 11.2. The van der Waals surface area contributed by atoms with Crippen molar-refractivity contribution in [1.29, 1.82) is 0 Å². The SMILES string of the molecule is C[C@@]1(c2ccc3c(c2)CCC3)NC(=O)N(CC(=O)Nc2cc(C(F)(F)F)ccc2-n2cncn2)C1=O. The van der Waals surface area contributed by atoms with E-state index in [1.54, 1.807) is 13.0 Å². The van der Waals surface area contributed by atoms with Crippen LogP contribution in [0.3, 0.4) is 0 Å². The summed E-state index contributed by atoms with van der Waals surface area (Å²) >= 11 is 0. The molecule has 1 saturated heterocycles. The topological polar surface area (TPSA) is 109 Å². The van der Waals surface area contributed by atoms with E-state index >= 15 is 0 Å². The van der Waals surface area contributed by atoms with Crippen LogP contribution in [0.2, 0.25) is 0 Å². The van der Waals surface area contributed by atoms with Crippen molar-refractivity contribution in [3.05, 3.63) is 71.3 Å². The lowest BCUT2D eigenvalue weighted by molar-refractivity contribution is -0.137. The first kappa shape index (κ1) is 23.5. The van der Waals surface area contributed by atoms with E-state index in [-0.39, 0.29) is 11.4 Å². The van der Waals surface area contributed by atoms with Crippen LogP contribution < -0.4 is 10.6 Å². The zero-order chi connectivity index (χ0) is 25.7. The number of hydrogen-bond acceptors (Lipinski definition) is 5. The molecule has 2 heterocycles. The van der Waals surface area contributed by atoms with Gasteiger partial charge in [-0.3, -0.25) is 14.5 Å². The lowest BCUT2D eigenvalue weighted by Crippen LogP contribution is -2.42. The highest BCUT2D eigenvalue weighted by atomic mass is 19.4. The Morgan fingerprint density at radius 3 is 2.64 bits per heavy atom. The Kier molecular flexibility index (Phi) is 5.53. The van der Waals surface area contributed by atoms with Crippen LogP contribution in [0.1, 0.15) is 35.6 Å². The number of nitrogens with zero attached hydrogens (tertiary/aromatic N) is 4. The third-order valence-electron chi connectivity index (χ3n) is 6.52. The first-order valence-electron chi connectivity index (χ1n) is 11.2. The number of anilines is 1. The maximum absolute atomic E-state index is 13.3. The molecule has 36 heavy (non-hydrogen) atoms. The van der Waals surface area contributed by atoms with Gasteiger partial charge in [0.2, 0.25) is 5.91 Å². The molecule has 3 aromatic rings. The number of aromatic nitrogens is 3. The molecule has 2 N–H and O–H groups in total. The van der Waals surface area contributed by atoms with Gasteiger partial charge in [-0.2, -0.15) is 18.3 Å². The molecule has 1 aliphatic carbocycles. The maximum Gasteiger partial charge on any atom is 0.416 e. The van der Waals surface area contributed by atoms with E-state index in [1.165, 1.54) is 22.9 Å². The summed E-state index contributed by atoms with van der Waals surface area (Å²) in [6, 6.07) is 7.62. The normalized spacial score (nSPS) is 19.4. The van der Waals surface area contributed by atoms with Crippen molar-refractivity contribution in [2.75, 3.05) is 11.9 Å². The van der Waals surface area contributed by atoms with Gasteiger partial charge in [-0.25, -0.2) is 14.5 Å². The number of nitrogens with one attached hydrogen (secondary N) is 2. The lowest BCUT2D eigenvalue weighted by atomic mass is 9.89. The van der Waals surface area contributed by atoms with Gasteiger partial charge in [-0.15, -0.1) is 0 Å². The Labute approximate surface area is 203 Å². The van der Waals surface area contributed by atoms with Crippen molar-refractivity contribution in [3.63, 3.8) is 0 Å². The fraction of sp³-hybridized carbons (Fsp3) is 0.292. The molecule has 0 unspecified atom stereocenters. The number of hydrogen-bond donors (Lipinski definition) is 2. The molecule has 0 bridgehead atoms. The van der Waals surface area contributed by atoms with Gasteiger partial charge in [-0.1, -0.05) is 18.2 Å². The summed E-state index contributed by atoms with van der Waals surface area (Å²) in [6.45, 7) is 0.885. The van der Waals surface area contributed by atoms with Crippen LogP contribution in [0.25, 0.3) is 5.69 Å². The Morgan fingerprint density at radius 2 is 1.92 bits per heavy atom. The van der Waals surface area contributed by atoms with Crippen molar-refractivity contribution in [2.24, 2.45) is 0 Å². The molecule has 12 heteroatoms. The highest BCUT2D eigenvalue weighted by molar-refractivity contribution is 6.10. The summed E-state index contributed by atoms with van der Waals surface area (Å²) in [5.74, 6) is -1.47. The van der Waals surface area contributed by atoms with E-state index in [9.17, 15) is 27.6 Å². The van der Waals surface area contributed by atoms with E-state index in [2.05, 4.69) is 20.7 Å². The minimum atomic E-state index is -4.65. The van der Waals surface area contributed by atoms with Crippen molar-refractivity contribution in [1.82, 2.24) is 25.0 Å². The molecule has 1 fully saturated rings. The number of carbonyl (C=O) groups is 3. The van der Waals surface area contributed by atoms with E-state index in [1.807, 2.05) is 12.1 Å². The number of halogens is 3. The van der Waals surface area contributed by atoms with Crippen LogP contribution in [-0.4, -0.2) is 44.1 Å². The van der Waals surface area contributed by atoms with Gasteiger partial charge in [0.1, 0.15) is 24.7 Å². The van der Waals surface area contributed by atoms with Crippen LogP contribution >= 0.6 is 0 Å². The number of benzene rings is 2. The maximum atomic E-state index is 13.3. The van der Waals surface area contributed by atoms with Gasteiger partial charge in [-0.05, 0) is 61.1 Å². The van der Waals surface area contributed by atoms with Gasteiger partial charge >= 0.3 is 12.2 Å². The number of aryl methyl sites for hydroxylation is 2. The largest absolute Gasteiger partial charge is 0.416 e. The molecule has 1 atom stereocenters. The number of urea groups is 1. The molecule has 0 spiro atoms. The Morgan fingerprint density at radius 1 is 1.14 bits per heavy atom. The van der Waals surface area contributed by atoms with Crippen LogP contribution in [0.5, 0.6) is 0 Å². The predicted octanol–water partition coefficient (Wildman–Crippen LogP) is 3.18. The van der Waals surface area contributed by atoms with Crippen molar-refractivity contribution < 1.29 is 27.6 Å². The molecule has 1 aliphatic heterocycles. The highest BCUT2D eigenvalue weighted by Crippen LogP contribution is 2.34. The van der Waals surface area contributed by atoms with Crippen molar-refractivity contribution >= 4 is 23.5 Å². The van der Waals surface area contributed by atoms with Gasteiger partial charge in [0, 0.05) is 0 Å². The number of fused-ring (bicyclic) bond motifs is 1. The summed E-state index contributed by atoms with van der Waals surface area (Å²) in [5, 5.41) is 8.93. The summed E-state index contributed by atoms with van der Waals surface area (Å²) in [5.41, 5.74) is 0.521. The zero-order valence-corrected chi connectivity index (χ0v) is 19.1. The minimum absolute atomic E-state index is 0.133.